The number of fused-ring (bicyclic) bond motifs is 1. The predicted molar refractivity (Wildman–Crippen MR) is 111 cm³/mol. The highest BCUT2D eigenvalue weighted by molar-refractivity contribution is 5.89. The zero-order valence-electron chi connectivity index (χ0n) is 16.9. The number of hydrogen-bond acceptors (Lipinski definition) is 2. The maximum absolute atomic E-state index is 13.6. The van der Waals surface area contributed by atoms with Gasteiger partial charge in [0.1, 0.15) is 11.6 Å². The summed E-state index contributed by atoms with van der Waals surface area (Å²) in [5, 5.41) is 10.7. The summed E-state index contributed by atoms with van der Waals surface area (Å²) in [5.41, 5.74) is 2.49. The molecule has 2 aliphatic rings. The number of carbonyl (C=O) groups excluding carboxylic acids is 2. The number of hydrogen-bond donors (Lipinski definition) is 4. The summed E-state index contributed by atoms with van der Waals surface area (Å²) in [4.78, 5) is 23.7. The zero-order chi connectivity index (χ0) is 21.9. The van der Waals surface area contributed by atoms with Crippen molar-refractivity contribution in [3.8, 4) is 0 Å². The molecule has 1 aliphatic carbocycles. The third kappa shape index (κ3) is 4.12. The van der Waals surface area contributed by atoms with Gasteiger partial charge in [-0.3, -0.25) is 0 Å². The van der Waals surface area contributed by atoms with E-state index in [9.17, 15) is 18.4 Å². The van der Waals surface area contributed by atoms with Crippen LogP contribution in [-0.4, -0.2) is 17.6 Å². The topological polar surface area (TPSA) is 82.3 Å². The summed E-state index contributed by atoms with van der Waals surface area (Å²) in [5.74, 6) is -1.42. The van der Waals surface area contributed by atoms with E-state index < -0.39 is 23.2 Å². The van der Waals surface area contributed by atoms with Crippen LogP contribution >= 0.6 is 0 Å². The summed E-state index contributed by atoms with van der Waals surface area (Å²) >= 11 is 0. The molecule has 2 aromatic carbocycles. The fourth-order valence-electron chi connectivity index (χ4n) is 3.68. The van der Waals surface area contributed by atoms with Crippen LogP contribution in [0.4, 0.5) is 24.1 Å². The molecule has 8 heteroatoms. The van der Waals surface area contributed by atoms with Crippen molar-refractivity contribution in [3.63, 3.8) is 0 Å². The Morgan fingerprint density at radius 2 is 1.80 bits per heavy atom. The molecule has 1 unspecified atom stereocenters. The van der Waals surface area contributed by atoms with Gasteiger partial charge in [-0.1, -0.05) is 32.6 Å². The standard InChI is InChI=1S/C20H18F2N4O2.C2H6/c1-11-20(26-19(28)24-11)8-12-5-6-14(7-13(12)9-20)25-18(27)23-10-15-16(21)3-2-4-17(15)22;1-2/h2-7H,1,8-10H2,(H2,23,25,27)(H2,24,26,28);1-2H3. The van der Waals surface area contributed by atoms with Crippen molar-refractivity contribution in [2.24, 2.45) is 0 Å². The highest BCUT2D eigenvalue weighted by Gasteiger charge is 2.45. The average Bonchev–Trinajstić information content (AvgIpc) is 3.20. The van der Waals surface area contributed by atoms with Crippen LogP contribution in [0.3, 0.4) is 0 Å². The van der Waals surface area contributed by atoms with Gasteiger partial charge in [-0.05, 0) is 35.4 Å². The van der Waals surface area contributed by atoms with E-state index in [0.717, 1.165) is 23.3 Å². The van der Waals surface area contributed by atoms with Crippen LogP contribution in [0.5, 0.6) is 0 Å². The number of amides is 4. The number of benzene rings is 2. The Labute approximate surface area is 173 Å². The van der Waals surface area contributed by atoms with Gasteiger partial charge in [0.15, 0.2) is 0 Å². The minimum atomic E-state index is -0.712. The third-order valence-electron chi connectivity index (χ3n) is 5.13. The van der Waals surface area contributed by atoms with Crippen molar-refractivity contribution >= 4 is 17.7 Å². The van der Waals surface area contributed by atoms with Crippen LogP contribution in [0.2, 0.25) is 0 Å². The van der Waals surface area contributed by atoms with E-state index in [1.165, 1.54) is 6.07 Å². The van der Waals surface area contributed by atoms with Crippen molar-refractivity contribution < 1.29 is 18.4 Å². The SMILES string of the molecule is C=C1NC(=O)NC12Cc1ccc(NC(=O)NCc3c(F)cccc3F)cc1C2.CC. The fourth-order valence-corrected chi connectivity index (χ4v) is 3.68. The van der Waals surface area contributed by atoms with Crippen LogP contribution < -0.4 is 21.3 Å². The maximum Gasteiger partial charge on any atom is 0.319 e. The Kier molecular flexibility index (Phi) is 6.05. The zero-order valence-corrected chi connectivity index (χ0v) is 16.9. The van der Waals surface area contributed by atoms with Crippen LogP contribution in [0.1, 0.15) is 30.5 Å². The first-order valence-electron chi connectivity index (χ1n) is 9.74. The van der Waals surface area contributed by atoms with Crippen LogP contribution in [0, 0.1) is 11.6 Å². The number of anilines is 1. The molecule has 1 aliphatic heterocycles. The molecule has 0 aromatic heterocycles. The van der Waals surface area contributed by atoms with Gasteiger partial charge in [0, 0.05) is 29.8 Å². The van der Waals surface area contributed by atoms with Crippen LogP contribution in [0.15, 0.2) is 48.7 Å². The molecular weight excluding hydrogens is 390 g/mol. The van der Waals surface area contributed by atoms with E-state index in [1.54, 1.807) is 6.07 Å². The summed E-state index contributed by atoms with van der Waals surface area (Å²) in [6.07, 6.45) is 1.19. The summed E-state index contributed by atoms with van der Waals surface area (Å²) in [7, 11) is 0. The molecular formula is C22H24F2N4O2. The van der Waals surface area contributed by atoms with Crippen molar-refractivity contribution in [1.82, 2.24) is 16.0 Å². The number of urea groups is 2. The molecule has 4 N–H and O–H groups in total. The Morgan fingerprint density at radius 1 is 1.13 bits per heavy atom. The second-order valence-electron chi connectivity index (χ2n) is 6.98. The Bertz CT molecular complexity index is 988. The van der Waals surface area contributed by atoms with E-state index in [4.69, 9.17) is 0 Å². The van der Waals surface area contributed by atoms with Gasteiger partial charge < -0.3 is 21.3 Å². The highest BCUT2D eigenvalue weighted by atomic mass is 19.1. The molecule has 1 atom stereocenters. The summed E-state index contributed by atoms with van der Waals surface area (Å²) in [6.45, 7) is 7.66. The van der Waals surface area contributed by atoms with Crippen molar-refractivity contribution in [2.45, 2.75) is 38.8 Å². The predicted octanol–water partition coefficient (Wildman–Crippen LogP) is 3.98. The third-order valence-corrected chi connectivity index (χ3v) is 5.13. The van der Waals surface area contributed by atoms with Gasteiger partial charge in [0.05, 0.1) is 12.1 Å². The molecule has 4 rings (SSSR count). The minimum absolute atomic E-state index is 0.198. The Balaban J connectivity index is 0.00000124. The molecule has 1 heterocycles. The van der Waals surface area contributed by atoms with Crippen LogP contribution in [0.25, 0.3) is 0 Å². The number of halogens is 2. The molecule has 1 saturated heterocycles. The number of carbonyl (C=O) groups is 2. The van der Waals surface area contributed by atoms with E-state index in [0.29, 0.717) is 24.2 Å². The van der Waals surface area contributed by atoms with E-state index in [-0.39, 0.29) is 18.1 Å². The first kappa shape index (κ1) is 21.3. The normalized spacial score (nSPS) is 18.8. The second kappa shape index (κ2) is 8.52. The molecule has 0 radical (unpaired) electrons. The van der Waals surface area contributed by atoms with Crippen molar-refractivity contribution in [3.05, 3.63) is 77.0 Å². The lowest BCUT2D eigenvalue weighted by molar-refractivity contribution is 0.244. The fraction of sp³-hybridized carbons (Fsp3) is 0.273. The summed E-state index contributed by atoms with van der Waals surface area (Å²) < 4.78 is 27.3. The molecule has 30 heavy (non-hydrogen) atoms. The molecule has 1 spiro atoms. The molecule has 158 valence electrons. The first-order chi connectivity index (χ1) is 14.4. The average molecular weight is 414 g/mol. The van der Waals surface area contributed by atoms with E-state index in [1.807, 2.05) is 26.0 Å². The lowest BCUT2D eigenvalue weighted by atomic mass is 9.94. The molecule has 2 aromatic rings. The minimum Gasteiger partial charge on any atom is -0.334 e. The summed E-state index contributed by atoms with van der Waals surface area (Å²) in [6, 6.07) is 8.15. The number of nitrogens with one attached hydrogen (secondary N) is 4. The molecule has 0 bridgehead atoms. The van der Waals surface area contributed by atoms with Gasteiger partial charge in [-0.2, -0.15) is 0 Å². The van der Waals surface area contributed by atoms with Crippen molar-refractivity contribution in [1.29, 1.82) is 0 Å². The van der Waals surface area contributed by atoms with Gasteiger partial charge in [0.2, 0.25) is 0 Å². The number of rotatable bonds is 3. The van der Waals surface area contributed by atoms with E-state index in [2.05, 4.69) is 27.8 Å². The smallest absolute Gasteiger partial charge is 0.319 e. The lowest BCUT2D eigenvalue weighted by Crippen LogP contribution is -2.42. The quantitative estimate of drug-likeness (QED) is 0.613. The van der Waals surface area contributed by atoms with Gasteiger partial charge in [-0.15, -0.1) is 0 Å². The van der Waals surface area contributed by atoms with Crippen LogP contribution in [-0.2, 0) is 19.4 Å². The Morgan fingerprint density at radius 3 is 2.43 bits per heavy atom. The van der Waals surface area contributed by atoms with Crippen molar-refractivity contribution in [2.75, 3.05) is 5.32 Å². The van der Waals surface area contributed by atoms with Gasteiger partial charge >= 0.3 is 12.1 Å². The molecule has 1 fully saturated rings. The second-order valence-corrected chi connectivity index (χ2v) is 6.98. The molecule has 4 amide bonds. The monoisotopic (exact) mass is 414 g/mol. The van der Waals surface area contributed by atoms with E-state index >= 15 is 0 Å². The largest absolute Gasteiger partial charge is 0.334 e. The first-order valence-corrected chi connectivity index (χ1v) is 9.74. The van der Waals surface area contributed by atoms with Gasteiger partial charge in [-0.25, -0.2) is 18.4 Å². The molecule has 6 nitrogen and oxygen atoms in total. The maximum atomic E-state index is 13.6. The highest BCUT2D eigenvalue weighted by Crippen LogP contribution is 2.37. The van der Waals surface area contributed by atoms with Gasteiger partial charge in [0.25, 0.3) is 0 Å². The molecule has 0 saturated carbocycles. The lowest BCUT2D eigenvalue weighted by Gasteiger charge is -2.22. The Hall–Kier alpha value is -3.42.